The van der Waals surface area contributed by atoms with E-state index in [-0.39, 0.29) is 17.7 Å². The molecule has 2 amide bonds. The van der Waals surface area contributed by atoms with Crippen LogP contribution < -0.4 is 16.0 Å². The summed E-state index contributed by atoms with van der Waals surface area (Å²) in [5, 5.41) is 9.42. The highest BCUT2D eigenvalue weighted by Gasteiger charge is 2.22. The standard InChI is InChI=1S/C25H34N4O5S/c1-24(2,3)18-13-26-20(33-18)15-35-21-14-32-22(29-21)28-19(30)11-10-16-8-7-9-17(12-16)27-23(31)34-25(4,5)6/h7-9,12-14,22,29H,10-11,15H2,1-6H3,(H,27,31)(H,28,30). The number of benzene rings is 1. The van der Waals surface area contributed by atoms with E-state index in [1.807, 2.05) is 18.2 Å². The molecule has 0 saturated heterocycles. The van der Waals surface area contributed by atoms with E-state index < -0.39 is 18.0 Å². The minimum absolute atomic E-state index is 0.0881. The number of rotatable bonds is 8. The second-order valence-electron chi connectivity index (χ2n) is 10.2. The molecule has 1 aliphatic rings. The van der Waals surface area contributed by atoms with Gasteiger partial charge in [0, 0.05) is 17.5 Å². The average molecular weight is 503 g/mol. The molecule has 10 heteroatoms. The van der Waals surface area contributed by atoms with Gasteiger partial charge in [-0.05, 0) is 44.9 Å². The molecule has 0 saturated carbocycles. The van der Waals surface area contributed by atoms with Gasteiger partial charge in [0.15, 0.2) is 0 Å². The zero-order chi connectivity index (χ0) is 25.6. The third-order valence-electron chi connectivity index (χ3n) is 4.73. The molecule has 0 radical (unpaired) electrons. The number of thioether (sulfide) groups is 1. The lowest BCUT2D eigenvalue weighted by molar-refractivity contribution is -0.124. The molecule has 190 valence electrons. The largest absolute Gasteiger partial charge is 0.457 e. The van der Waals surface area contributed by atoms with Crippen LogP contribution in [0.4, 0.5) is 10.5 Å². The van der Waals surface area contributed by atoms with Crippen molar-refractivity contribution < 1.29 is 23.5 Å². The first-order valence-corrected chi connectivity index (χ1v) is 12.4. The number of hydrogen-bond acceptors (Lipinski definition) is 8. The number of aryl methyl sites for hydroxylation is 1. The molecule has 0 spiro atoms. The van der Waals surface area contributed by atoms with Crippen LogP contribution in [0.3, 0.4) is 0 Å². The van der Waals surface area contributed by atoms with Crippen LogP contribution >= 0.6 is 11.8 Å². The van der Waals surface area contributed by atoms with Crippen LogP contribution in [0.1, 0.15) is 65.2 Å². The van der Waals surface area contributed by atoms with Crippen molar-refractivity contribution in [2.45, 2.75) is 77.5 Å². The van der Waals surface area contributed by atoms with Crippen molar-refractivity contribution in [3.8, 4) is 0 Å². The average Bonchev–Trinajstić information content (AvgIpc) is 3.39. The van der Waals surface area contributed by atoms with Gasteiger partial charge in [-0.2, -0.15) is 0 Å². The van der Waals surface area contributed by atoms with Gasteiger partial charge in [-0.3, -0.25) is 10.1 Å². The van der Waals surface area contributed by atoms with E-state index >= 15 is 0 Å². The molecule has 9 nitrogen and oxygen atoms in total. The van der Waals surface area contributed by atoms with Crippen molar-refractivity contribution in [2.24, 2.45) is 0 Å². The molecular formula is C25H34N4O5S. The summed E-state index contributed by atoms with van der Waals surface area (Å²) < 4.78 is 16.6. The molecule has 1 aliphatic heterocycles. The van der Waals surface area contributed by atoms with Crippen LogP contribution in [-0.2, 0) is 31.9 Å². The lowest BCUT2D eigenvalue weighted by atomic mass is 9.94. The highest BCUT2D eigenvalue weighted by Crippen LogP contribution is 2.27. The van der Waals surface area contributed by atoms with Gasteiger partial charge in [-0.15, -0.1) is 0 Å². The minimum atomic E-state index is -0.625. The summed E-state index contributed by atoms with van der Waals surface area (Å²) in [7, 11) is 0. The van der Waals surface area contributed by atoms with Gasteiger partial charge in [-0.1, -0.05) is 44.7 Å². The molecule has 0 fully saturated rings. The maximum Gasteiger partial charge on any atom is 0.412 e. The number of ether oxygens (including phenoxy) is 2. The van der Waals surface area contributed by atoms with Crippen molar-refractivity contribution in [3.63, 3.8) is 0 Å². The fourth-order valence-corrected chi connectivity index (χ4v) is 3.76. The highest BCUT2D eigenvalue weighted by atomic mass is 32.2. The summed E-state index contributed by atoms with van der Waals surface area (Å²) in [5.74, 6) is 1.87. The van der Waals surface area contributed by atoms with Crippen LogP contribution in [0.5, 0.6) is 0 Å². The topological polar surface area (TPSA) is 115 Å². The summed E-state index contributed by atoms with van der Waals surface area (Å²) in [6.45, 7) is 11.6. The predicted octanol–water partition coefficient (Wildman–Crippen LogP) is 5.00. The molecule has 0 bridgehead atoms. The van der Waals surface area contributed by atoms with Crippen molar-refractivity contribution in [1.82, 2.24) is 15.6 Å². The lowest BCUT2D eigenvalue weighted by Crippen LogP contribution is -2.42. The van der Waals surface area contributed by atoms with Gasteiger partial charge < -0.3 is 24.5 Å². The van der Waals surface area contributed by atoms with E-state index in [0.717, 1.165) is 16.4 Å². The van der Waals surface area contributed by atoms with Gasteiger partial charge in [0.1, 0.15) is 22.7 Å². The van der Waals surface area contributed by atoms with E-state index in [9.17, 15) is 9.59 Å². The normalized spacial score (nSPS) is 15.6. The Morgan fingerprint density at radius 2 is 1.97 bits per heavy atom. The van der Waals surface area contributed by atoms with Crippen LogP contribution in [0.2, 0.25) is 0 Å². The number of anilines is 1. The van der Waals surface area contributed by atoms with E-state index in [1.54, 1.807) is 39.3 Å². The maximum absolute atomic E-state index is 12.4. The lowest BCUT2D eigenvalue weighted by Gasteiger charge is -2.19. The molecule has 0 aliphatic carbocycles. The highest BCUT2D eigenvalue weighted by molar-refractivity contribution is 8.02. The molecule has 1 atom stereocenters. The Kier molecular flexibility index (Phi) is 8.37. The summed E-state index contributed by atoms with van der Waals surface area (Å²) in [4.78, 5) is 28.7. The minimum Gasteiger partial charge on any atom is -0.457 e. The zero-order valence-electron chi connectivity index (χ0n) is 21.1. The number of oxazole rings is 1. The SMILES string of the molecule is CC(C)(C)OC(=O)Nc1cccc(CCC(=O)NC2NC(SCc3ncc(C(C)(C)C)o3)=CO2)c1. The summed E-state index contributed by atoms with van der Waals surface area (Å²) >= 11 is 1.48. The van der Waals surface area contributed by atoms with Crippen LogP contribution in [-0.4, -0.2) is 28.9 Å². The summed E-state index contributed by atoms with van der Waals surface area (Å²) in [6, 6.07) is 7.33. The number of carbonyl (C=O) groups excluding carboxylic acids is 2. The monoisotopic (exact) mass is 502 g/mol. The van der Waals surface area contributed by atoms with Crippen LogP contribution in [0, 0.1) is 0 Å². The molecule has 3 N–H and O–H groups in total. The molecule has 35 heavy (non-hydrogen) atoms. The number of nitrogens with one attached hydrogen (secondary N) is 3. The Morgan fingerprint density at radius 1 is 1.20 bits per heavy atom. The van der Waals surface area contributed by atoms with E-state index in [2.05, 4.69) is 41.7 Å². The van der Waals surface area contributed by atoms with E-state index in [1.165, 1.54) is 11.8 Å². The van der Waals surface area contributed by atoms with Gasteiger partial charge >= 0.3 is 6.09 Å². The predicted molar refractivity (Wildman–Crippen MR) is 135 cm³/mol. The fourth-order valence-electron chi connectivity index (χ4n) is 3.04. The number of hydrogen-bond donors (Lipinski definition) is 3. The molecule has 1 aromatic heterocycles. The third kappa shape index (κ3) is 8.86. The first kappa shape index (κ1) is 26.5. The Balaban J connectivity index is 1.38. The Hall–Kier alpha value is -3.14. The van der Waals surface area contributed by atoms with E-state index in [4.69, 9.17) is 13.9 Å². The van der Waals surface area contributed by atoms with Gasteiger partial charge in [-0.25, -0.2) is 9.78 Å². The fraction of sp³-hybridized carbons (Fsp3) is 0.480. The van der Waals surface area contributed by atoms with Crippen molar-refractivity contribution >= 4 is 29.4 Å². The molecular weight excluding hydrogens is 468 g/mol. The van der Waals surface area contributed by atoms with Crippen LogP contribution in [0.15, 0.2) is 46.2 Å². The first-order chi connectivity index (χ1) is 16.4. The molecule has 1 unspecified atom stereocenters. The molecule has 3 rings (SSSR count). The van der Waals surface area contributed by atoms with Gasteiger partial charge in [0.2, 0.25) is 18.1 Å². The number of amides is 2. The second kappa shape index (κ2) is 11.1. The first-order valence-electron chi connectivity index (χ1n) is 11.5. The quantitative estimate of drug-likeness (QED) is 0.462. The van der Waals surface area contributed by atoms with E-state index in [0.29, 0.717) is 23.8 Å². The van der Waals surface area contributed by atoms with Gasteiger partial charge in [0.05, 0.1) is 11.9 Å². The third-order valence-corrected chi connectivity index (χ3v) is 5.65. The van der Waals surface area contributed by atoms with Crippen molar-refractivity contribution in [1.29, 1.82) is 0 Å². The smallest absolute Gasteiger partial charge is 0.412 e. The van der Waals surface area contributed by atoms with Crippen LogP contribution in [0.25, 0.3) is 0 Å². The Morgan fingerprint density at radius 3 is 2.66 bits per heavy atom. The van der Waals surface area contributed by atoms with Crippen molar-refractivity contribution in [3.05, 3.63) is 59.0 Å². The number of carbonyl (C=O) groups is 2. The summed E-state index contributed by atoms with van der Waals surface area (Å²) in [5.41, 5.74) is 0.873. The Bertz CT molecular complexity index is 1070. The number of nitrogens with zero attached hydrogens (tertiary/aromatic N) is 1. The molecule has 1 aromatic carbocycles. The molecule has 2 aromatic rings. The maximum atomic E-state index is 12.4. The molecule has 2 heterocycles. The number of aromatic nitrogens is 1. The second-order valence-corrected chi connectivity index (χ2v) is 11.2. The van der Waals surface area contributed by atoms with Gasteiger partial charge in [0.25, 0.3) is 0 Å². The zero-order valence-corrected chi connectivity index (χ0v) is 21.9. The van der Waals surface area contributed by atoms with Crippen molar-refractivity contribution in [2.75, 3.05) is 5.32 Å². The summed E-state index contributed by atoms with van der Waals surface area (Å²) in [6.07, 6.45) is 2.98. The Labute approximate surface area is 210 Å².